The Morgan fingerprint density at radius 3 is 2.51 bits per heavy atom. The van der Waals surface area contributed by atoms with Gasteiger partial charge in [-0.1, -0.05) is 6.07 Å². The van der Waals surface area contributed by atoms with Crippen LogP contribution in [0.5, 0.6) is 28.7 Å². The number of rotatable bonds is 7. The van der Waals surface area contributed by atoms with Crippen molar-refractivity contribution in [1.29, 1.82) is 5.26 Å². The van der Waals surface area contributed by atoms with Gasteiger partial charge in [-0.3, -0.25) is 18.8 Å². The van der Waals surface area contributed by atoms with Gasteiger partial charge in [0.1, 0.15) is 18.4 Å². The molecule has 0 saturated carbocycles. The third kappa shape index (κ3) is 5.76. The minimum atomic E-state index is -4.07. The highest BCUT2D eigenvalue weighted by Crippen LogP contribution is 2.64. The van der Waals surface area contributed by atoms with E-state index in [2.05, 4.69) is 21.9 Å². The molecule has 2 aromatic rings. The third-order valence-corrected chi connectivity index (χ3v) is 12.2. The van der Waals surface area contributed by atoms with Gasteiger partial charge < -0.3 is 33.2 Å². The number of likely N-dealkylation sites (N-methyl/N-ethyl adjacent to an activating group) is 1. The number of nitriles is 1. The zero-order valence-electron chi connectivity index (χ0n) is 29.2. The van der Waals surface area contributed by atoms with Crippen LogP contribution in [0, 0.1) is 25.2 Å². The van der Waals surface area contributed by atoms with Crippen molar-refractivity contribution in [2.45, 2.75) is 68.8 Å². The van der Waals surface area contributed by atoms with Gasteiger partial charge in [0.2, 0.25) is 6.79 Å². The topological polar surface area (TPSA) is 172 Å². The van der Waals surface area contributed by atoms with Gasteiger partial charge in [0.25, 0.3) is 10.1 Å². The fourth-order valence-electron chi connectivity index (χ4n) is 8.47. The second-order valence-electron chi connectivity index (χ2n) is 13.2. The lowest BCUT2D eigenvalue weighted by molar-refractivity contribution is -0.156. The lowest BCUT2D eigenvalue weighted by atomic mass is 9.71. The molecule has 51 heavy (non-hydrogen) atoms. The van der Waals surface area contributed by atoms with Gasteiger partial charge in [0.05, 0.1) is 36.8 Å². The maximum absolute atomic E-state index is 13.5. The zero-order valence-corrected chi connectivity index (χ0v) is 30.8. The molecule has 0 aromatic heterocycles. The molecule has 0 aliphatic carbocycles. The molecular formula is C34H39N3O12S2. The monoisotopic (exact) mass is 745 g/mol. The fourth-order valence-corrected chi connectivity index (χ4v) is 10.6. The Morgan fingerprint density at radius 1 is 1.10 bits per heavy atom. The van der Waals surface area contributed by atoms with Gasteiger partial charge in [-0.2, -0.15) is 13.7 Å². The molecule has 7 rings (SSSR count). The maximum atomic E-state index is 13.5. The highest BCUT2D eigenvalue weighted by atomic mass is 32.2. The standard InChI is InChI=1S/C34H39N3O12S2/c1-15-8-18-9-19-20(10-35)37-21-11-44-34(39)22(49-51(7,40)41)12-50-33(25-24(21)32-30(46-14-47-32)16(2)29(25)48-17(3)38)27(37)26(36(19)4)23(18)31(28(15)43-6)45-13-42-5/h8,19-22,26-27,33H,9,11-14H2,1-7H3/t19-,20-,21-,22-,26+,27?,33+/m0/s1. The first-order valence-corrected chi connectivity index (χ1v) is 19.2. The molecule has 7 atom stereocenters. The molecule has 5 aliphatic heterocycles. The van der Waals surface area contributed by atoms with Gasteiger partial charge in [-0.15, -0.1) is 11.8 Å². The van der Waals surface area contributed by atoms with E-state index in [9.17, 15) is 23.3 Å². The molecule has 17 heteroatoms. The number of cyclic esters (lactones) is 1. The normalized spacial score (nSPS) is 28.1. The third-order valence-electron chi connectivity index (χ3n) is 10.2. The minimum absolute atomic E-state index is 0.0509. The van der Waals surface area contributed by atoms with Crippen LogP contribution >= 0.6 is 11.8 Å². The first-order chi connectivity index (χ1) is 24.3. The Bertz CT molecular complexity index is 1950. The van der Waals surface area contributed by atoms with Gasteiger partial charge in [0, 0.05) is 54.1 Å². The predicted molar refractivity (Wildman–Crippen MR) is 180 cm³/mol. The number of carbonyl (C=O) groups is 2. The molecule has 2 saturated heterocycles. The zero-order chi connectivity index (χ0) is 36.5. The van der Waals surface area contributed by atoms with E-state index in [1.165, 1.54) is 25.8 Å². The van der Waals surface area contributed by atoms with E-state index >= 15 is 0 Å². The maximum Gasteiger partial charge on any atom is 0.337 e. The number of hydrogen-bond acceptors (Lipinski definition) is 16. The van der Waals surface area contributed by atoms with Crippen LogP contribution in [0.1, 0.15) is 57.6 Å². The number of esters is 2. The second kappa shape index (κ2) is 13.3. The SMILES string of the molecule is COCOc1c(OC)c(C)cc2c1[C@@H]1C3[C@@H]4SC[C@H](OS(C)(=O)=O)C(=O)OC[C@@H](c5c6c(c(C)c(OC(C)=O)c54)OCO6)N3[C@@H](C#N)[C@H](C2)N1C. The van der Waals surface area contributed by atoms with E-state index < -0.39 is 57.6 Å². The van der Waals surface area contributed by atoms with Crippen LogP contribution in [-0.4, -0.2) is 108 Å². The quantitative estimate of drug-likeness (QED) is 0.175. The van der Waals surface area contributed by atoms with Crippen molar-refractivity contribution in [3.8, 4) is 34.8 Å². The molecule has 274 valence electrons. The molecule has 0 spiro atoms. The summed E-state index contributed by atoms with van der Waals surface area (Å²) >= 11 is 1.25. The summed E-state index contributed by atoms with van der Waals surface area (Å²) in [7, 11) is 1.01. The van der Waals surface area contributed by atoms with Gasteiger partial charge in [-0.25, -0.2) is 4.79 Å². The van der Waals surface area contributed by atoms with Crippen LogP contribution in [0.15, 0.2) is 6.07 Å². The number of carbonyl (C=O) groups excluding carboxylic acids is 2. The first kappa shape index (κ1) is 35.6. The number of thioether (sulfide) groups is 1. The number of hydrogen-bond donors (Lipinski definition) is 0. The van der Waals surface area contributed by atoms with E-state index in [1.807, 2.05) is 14.0 Å². The fraction of sp³-hybridized carbons (Fsp3) is 0.559. The van der Waals surface area contributed by atoms with Crippen LogP contribution in [0.25, 0.3) is 0 Å². The van der Waals surface area contributed by atoms with Crippen molar-refractivity contribution in [3.05, 3.63) is 39.4 Å². The summed E-state index contributed by atoms with van der Waals surface area (Å²) < 4.78 is 71.4. The molecule has 2 aromatic carbocycles. The predicted octanol–water partition coefficient (Wildman–Crippen LogP) is 2.85. The van der Waals surface area contributed by atoms with Crippen LogP contribution < -0.4 is 23.7 Å². The minimum Gasteiger partial charge on any atom is -0.493 e. The Kier molecular flexibility index (Phi) is 9.30. The van der Waals surface area contributed by atoms with Crippen LogP contribution in [0.3, 0.4) is 0 Å². The Balaban J connectivity index is 1.54. The molecule has 1 unspecified atom stereocenters. The molecular weight excluding hydrogens is 707 g/mol. The smallest absolute Gasteiger partial charge is 0.337 e. The van der Waals surface area contributed by atoms with Crippen molar-refractivity contribution in [1.82, 2.24) is 9.80 Å². The Labute approximate surface area is 300 Å². The summed E-state index contributed by atoms with van der Waals surface area (Å²) in [5.41, 5.74) is 4.41. The average Bonchev–Trinajstić information content (AvgIpc) is 3.56. The average molecular weight is 746 g/mol. The number of aryl methyl sites for hydroxylation is 1. The number of methoxy groups -OCH3 is 2. The molecule has 15 nitrogen and oxygen atoms in total. The van der Waals surface area contributed by atoms with Crippen molar-refractivity contribution in [2.24, 2.45) is 0 Å². The largest absolute Gasteiger partial charge is 0.493 e. The summed E-state index contributed by atoms with van der Waals surface area (Å²) in [5, 5.41) is 10.3. The van der Waals surface area contributed by atoms with Crippen LogP contribution in [-0.2, 0) is 39.8 Å². The van der Waals surface area contributed by atoms with E-state index in [-0.39, 0.29) is 37.7 Å². The second-order valence-corrected chi connectivity index (χ2v) is 16.0. The Hall–Kier alpha value is -3.79. The molecule has 0 amide bonds. The number of nitrogens with zero attached hydrogens (tertiary/aromatic N) is 3. The summed E-state index contributed by atoms with van der Waals surface area (Å²) in [6.45, 7) is 4.59. The van der Waals surface area contributed by atoms with E-state index in [1.54, 1.807) is 14.0 Å². The number of fused-ring (bicyclic) bond motifs is 9. The summed E-state index contributed by atoms with van der Waals surface area (Å²) in [5.74, 6) is 0.550. The summed E-state index contributed by atoms with van der Waals surface area (Å²) in [6.07, 6.45) is -0.0836. The van der Waals surface area contributed by atoms with E-state index in [4.69, 9.17) is 37.3 Å². The summed E-state index contributed by atoms with van der Waals surface area (Å²) in [6, 6.07) is 1.79. The molecule has 4 bridgehead atoms. The number of benzene rings is 2. The van der Waals surface area contributed by atoms with Crippen LogP contribution in [0.2, 0.25) is 0 Å². The van der Waals surface area contributed by atoms with Gasteiger partial charge in [-0.05, 0) is 38.4 Å². The Morgan fingerprint density at radius 2 is 1.84 bits per heavy atom. The highest BCUT2D eigenvalue weighted by molar-refractivity contribution is 7.99. The lowest BCUT2D eigenvalue weighted by Crippen LogP contribution is -2.69. The molecule has 5 heterocycles. The number of piperazine rings is 1. The number of ether oxygens (including phenoxy) is 7. The van der Waals surface area contributed by atoms with Gasteiger partial charge in [0.15, 0.2) is 35.9 Å². The molecule has 2 fully saturated rings. The molecule has 5 aliphatic rings. The summed E-state index contributed by atoms with van der Waals surface area (Å²) in [4.78, 5) is 30.5. The first-order valence-electron chi connectivity index (χ1n) is 16.3. The lowest BCUT2D eigenvalue weighted by Gasteiger charge is -2.61. The van der Waals surface area contributed by atoms with Gasteiger partial charge >= 0.3 is 11.9 Å². The molecule has 0 radical (unpaired) electrons. The van der Waals surface area contributed by atoms with Crippen molar-refractivity contribution >= 4 is 33.8 Å². The molecule has 0 N–H and O–H groups in total. The van der Waals surface area contributed by atoms with E-state index in [0.717, 1.165) is 22.9 Å². The van der Waals surface area contributed by atoms with Crippen molar-refractivity contribution < 1.29 is 55.3 Å². The van der Waals surface area contributed by atoms with E-state index in [0.29, 0.717) is 46.1 Å². The van der Waals surface area contributed by atoms with Crippen molar-refractivity contribution in [3.63, 3.8) is 0 Å². The van der Waals surface area contributed by atoms with Crippen molar-refractivity contribution in [2.75, 3.05) is 53.5 Å². The highest BCUT2D eigenvalue weighted by Gasteiger charge is 2.61. The van der Waals surface area contributed by atoms with Crippen LogP contribution in [0.4, 0.5) is 0 Å².